The number of rotatable bonds is 3. The number of methoxy groups -OCH3 is 1. The number of hydrogen-bond donors (Lipinski definition) is 0. The van der Waals surface area contributed by atoms with Gasteiger partial charge in [-0.25, -0.2) is 0 Å². The number of fused-ring (bicyclic) bond motifs is 1. The standard InChI is InChI=1S/C20H18O2/c1-13-4-11-18-16(12-13)6-5-14(2)19(18)20(21)15-7-9-17(22-3)10-8-15/h4-12H,1-3H3. The summed E-state index contributed by atoms with van der Waals surface area (Å²) >= 11 is 0. The molecule has 3 aromatic rings. The molecule has 0 N–H and O–H groups in total. The van der Waals surface area contributed by atoms with Crippen LogP contribution in [-0.4, -0.2) is 12.9 Å². The van der Waals surface area contributed by atoms with E-state index in [0.29, 0.717) is 5.56 Å². The smallest absolute Gasteiger partial charge is 0.193 e. The highest BCUT2D eigenvalue weighted by Gasteiger charge is 2.15. The lowest BCUT2D eigenvalue weighted by molar-refractivity contribution is 0.103. The third-order valence-electron chi connectivity index (χ3n) is 3.96. The van der Waals surface area contributed by atoms with Crippen molar-refractivity contribution >= 4 is 16.6 Å². The number of ether oxygens (including phenoxy) is 1. The Morgan fingerprint density at radius 1 is 0.909 bits per heavy atom. The molecule has 0 saturated heterocycles. The van der Waals surface area contributed by atoms with E-state index in [2.05, 4.69) is 19.1 Å². The largest absolute Gasteiger partial charge is 0.497 e. The van der Waals surface area contributed by atoms with Crippen LogP contribution in [0.2, 0.25) is 0 Å². The van der Waals surface area contributed by atoms with E-state index in [1.165, 1.54) is 5.56 Å². The SMILES string of the molecule is COc1ccc(C(=O)c2c(C)ccc3cc(C)ccc23)cc1. The maximum Gasteiger partial charge on any atom is 0.193 e. The summed E-state index contributed by atoms with van der Waals surface area (Å²) in [7, 11) is 1.62. The van der Waals surface area contributed by atoms with Crippen LogP contribution in [0, 0.1) is 13.8 Å². The van der Waals surface area contributed by atoms with E-state index >= 15 is 0 Å². The zero-order valence-corrected chi connectivity index (χ0v) is 13.0. The number of benzene rings is 3. The van der Waals surface area contributed by atoms with Crippen LogP contribution >= 0.6 is 0 Å². The maximum atomic E-state index is 12.9. The van der Waals surface area contributed by atoms with Gasteiger partial charge in [-0.1, -0.05) is 35.9 Å². The van der Waals surface area contributed by atoms with E-state index < -0.39 is 0 Å². The minimum absolute atomic E-state index is 0.0506. The Morgan fingerprint density at radius 2 is 1.64 bits per heavy atom. The molecule has 3 aromatic carbocycles. The van der Waals surface area contributed by atoms with Crippen LogP contribution in [0.3, 0.4) is 0 Å². The first-order valence-electron chi connectivity index (χ1n) is 7.29. The molecule has 0 radical (unpaired) electrons. The number of ketones is 1. The fraction of sp³-hybridized carbons (Fsp3) is 0.150. The van der Waals surface area contributed by atoms with Gasteiger partial charge in [0.2, 0.25) is 0 Å². The van der Waals surface area contributed by atoms with Gasteiger partial charge in [0, 0.05) is 11.1 Å². The molecular formula is C20H18O2. The van der Waals surface area contributed by atoms with Crippen molar-refractivity contribution in [3.63, 3.8) is 0 Å². The lowest BCUT2D eigenvalue weighted by atomic mass is 9.92. The van der Waals surface area contributed by atoms with Crippen molar-refractivity contribution < 1.29 is 9.53 Å². The molecule has 0 saturated carbocycles. The third-order valence-corrected chi connectivity index (χ3v) is 3.96. The highest BCUT2D eigenvalue weighted by atomic mass is 16.5. The number of hydrogen-bond acceptors (Lipinski definition) is 2. The Labute approximate surface area is 130 Å². The molecule has 2 heteroatoms. The van der Waals surface area contributed by atoms with Crippen LogP contribution in [0.5, 0.6) is 5.75 Å². The molecule has 0 aromatic heterocycles. The highest BCUT2D eigenvalue weighted by Crippen LogP contribution is 2.26. The number of aryl methyl sites for hydroxylation is 2. The molecule has 22 heavy (non-hydrogen) atoms. The van der Waals surface area contributed by atoms with Crippen molar-refractivity contribution in [2.24, 2.45) is 0 Å². The lowest BCUT2D eigenvalue weighted by Gasteiger charge is -2.11. The van der Waals surface area contributed by atoms with Crippen LogP contribution in [0.25, 0.3) is 10.8 Å². The molecule has 2 nitrogen and oxygen atoms in total. The third kappa shape index (κ3) is 2.48. The molecule has 0 bridgehead atoms. The molecule has 110 valence electrons. The summed E-state index contributed by atoms with van der Waals surface area (Å²) < 4.78 is 5.15. The molecule has 0 aliphatic rings. The van der Waals surface area contributed by atoms with Gasteiger partial charge in [0.1, 0.15) is 5.75 Å². The average molecular weight is 290 g/mol. The van der Waals surface area contributed by atoms with Gasteiger partial charge >= 0.3 is 0 Å². The topological polar surface area (TPSA) is 26.3 Å². The first-order chi connectivity index (χ1) is 10.6. The second-order valence-electron chi connectivity index (χ2n) is 5.54. The summed E-state index contributed by atoms with van der Waals surface area (Å²) in [5, 5.41) is 2.11. The van der Waals surface area contributed by atoms with Crippen molar-refractivity contribution in [1.29, 1.82) is 0 Å². The lowest BCUT2D eigenvalue weighted by Crippen LogP contribution is -2.05. The second kappa shape index (κ2) is 5.64. The molecule has 0 atom stereocenters. The fourth-order valence-electron chi connectivity index (χ4n) is 2.75. The second-order valence-corrected chi connectivity index (χ2v) is 5.54. The Kier molecular flexibility index (Phi) is 3.68. The van der Waals surface area contributed by atoms with E-state index in [1.807, 2.05) is 49.4 Å². The van der Waals surface area contributed by atoms with Gasteiger partial charge < -0.3 is 4.74 Å². The first kappa shape index (κ1) is 14.3. The average Bonchev–Trinajstić information content (AvgIpc) is 2.54. The van der Waals surface area contributed by atoms with Crippen molar-refractivity contribution in [2.75, 3.05) is 7.11 Å². The summed E-state index contributed by atoms with van der Waals surface area (Å²) in [5.41, 5.74) is 3.65. The monoisotopic (exact) mass is 290 g/mol. The predicted octanol–water partition coefficient (Wildman–Crippen LogP) is 4.70. The van der Waals surface area contributed by atoms with Crippen LogP contribution in [0.4, 0.5) is 0 Å². The van der Waals surface area contributed by atoms with Gasteiger partial charge in [-0.2, -0.15) is 0 Å². The quantitative estimate of drug-likeness (QED) is 0.654. The Hall–Kier alpha value is -2.61. The minimum atomic E-state index is 0.0506. The Morgan fingerprint density at radius 3 is 2.32 bits per heavy atom. The number of carbonyl (C=O) groups is 1. The first-order valence-corrected chi connectivity index (χ1v) is 7.29. The molecule has 3 rings (SSSR count). The molecule has 0 heterocycles. The molecule has 0 unspecified atom stereocenters. The minimum Gasteiger partial charge on any atom is -0.497 e. The highest BCUT2D eigenvalue weighted by molar-refractivity contribution is 6.17. The summed E-state index contributed by atoms with van der Waals surface area (Å²) in [6.45, 7) is 4.04. The molecular weight excluding hydrogens is 272 g/mol. The van der Waals surface area contributed by atoms with E-state index in [4.69, 9.17) is 4.74 Å². The van der Waals surface area contributed by atoms with Gasteiger partial charge in [-0.15, -0.1) is 0 Å². The Bertz CT molecular complexity index is 845. The normalized spacial score (nSPS) is 10.7. The molecule has 0 amide bonds. The van der Waals surface area contributed by atoms with Crippen LogP contribution in [-0.2, 0) is 0 Å². The summed E-state index contributed by atoms with van der Waals surface area (Å²) in [6.07, 6.45) is 0. The van der Waals surface area contributed by atoms with Crippen molar-refractivity contribution in [3.05, 3.63) is 76.9 Å². The summed E-state index contributed by atoms with van der Waals surface area (Å²) in [4.78, 5) is 12.9. The van der Waals surface area contributed by atoms with Gasteiger partial charge in [-0.3, -0.25) is 4.79 Å². The summed E-state index contributed by atoms with van der Waals surface area (Å²) in [5.74, 6) is 0.802. The van der Waals surface area contributed by atoms with Gasteiger partial charge in [0.05, 0.1) is 7.11 Å². The van der Waals surface area contributed by atoms with E-state index in [-0.39, 0.29) is 5.78 Å². The van der Waals surface area contributed by atoms with Crippen molar-refractivity contribution in [3.8, 4) is 5.75 Å². The molecule has 0 aliphatic carbocycles. The van der Waals surface area contributed by atoms with Crippen molar-refractivity contribution in [2.45, 2.75) is 13.8 Å². The van der Waals surface area contributed by atoms with E-state index in [1.54, 1.807) is 7.11 Å². The van der Waals surface area contributed by atoms with Crippen molar-refractivity contribution in [1.82, 2.24) is 0 Å². The van der Waals surface area contributed by atoms with E-state index in [9.17, 15) is 4.79 Å². The zero-order valence-electron chi connectivity index (χ0n) is 13.0. The van der Waals surface area contributed by atoms with Crippen LogP contribution in [0.15, 0.2) is 54.6 Å². The van der Waals surface area contributed by atoms with Gasteiger partial charge in [0.15, 0.2) is 5.78 Å². The molecule has 0 spiro atoms. The summed E-state index contributed by atoms with van der Waals surface area (Å²) in [6, 6.07) is 17.5. The van der Waals surface area contributed by atoms with Crippen LogP contribution < -0.4 is 4.74 Å². The molecule has 0 fully saturated rings. The Balaban J connectivity index is 2.15. The predicted molar refractivity (Wildman–Crippen MR) is 89.8 cm³/mol. The van der Waals surface area contributed by atoms with Gasteiger partial charge in [-0.05, 0) is 54.4 Å². The number of carbonyl (C=O) groups excluding carboxylic acids is 1. The molecule has 0 aliphatic heterocycles. The fourth-order valence-corrected chi connectivity index (χ4v) is 2.75. The van der Waals surface area contributed by atoms with Crippen LogP contribution in [0.1, 0.15) is 27.0 Å². The van der Waals surface area contributed by atoms with Gasteiger partial charge in [0.25, 0.3) is 0 Å². The zero-order chi connectivity index (χ0) is 15.7. The van der Waals surface area contributed by atoms with E-state index in [0.717, 1.165) is 27.6 Å². The maximum absolute atomic E-state index is 12.9.